The number of fused-ring (bicyclic) bond motifs is 3. The van der Waals surface area contributed by atoms with Crippen LogP contribution in [-0.2, 0) is 0 Å². The van der Waals surface area contributed by atoms with E-state index in [0.29, 0.717) is 6.04 Å². The summed E-state index contributed by atoms with van der Waals surface area (Å²) in [4.78, 5) is 12.3. The van der Waals surface area contributed by atoms with Gasteiger partial charge in [0.2, 0.25) is 0 Å². The van der Waals surface area contributed by atoms with Crippen LogP contribution in [0.15, 0.2) is 0 Å². The van der Waals surface area contributed by atoms with E-state index in [9.17, 15) is 4.79 Å². The zero-order valence-corrected chi connectivity index (χ0v) is 14.3. The molecule has 5 rings (SSSR count). The molecule has 0 heterocycles. The van der Waals surface area contributed by atoms with Gasteiger partial charge in [-0.1, -0.05) is 19.3 Å². The quantitative estimate of drug-likeness (QED) is 0.810. The second kappa shape index (κ2) is 5.67. The first-order valence-corrected chi connectivity index (χ1v) is 10.3. The van der Waals surface area contributed by atoms with Crippen LogP contribution in [0.4, 0.5) is 4.79 Å². The van der Waals surface area contributed by atoms with E-state index in [0.717, 1.165) is 48.0 Å². The second-order valence-electron chi connectivity index (χ2n) is 9.48. The monoisotopic (exact) mass is 316 g/mol. The largest absolute Gasteiger partial charge is 0.338 e. The van der Waals surface area contributed by atoms with Crippen molar-refractivity contribution >= 4 is 6.03 Å². The van der Waals surface area contributed by atoms with Crippen molar-refractivity contribution in [1.82, 2.24) is 10.6 Å². The molecule has 5 fully saturated rings. The molecule has 0 aliphatic heterocycles. The van der Waals surface area contributed by atoms with Gasteiger partial charge in [-0.2, -0.15) is 0 Å². The molecular formula is C20H32N2O. The molecule has 2 amide bonds. The Morgan fingerprint density at radius 3 is 2.65 bits per heavy atom. The van der Waals surface area contributed by atoms with Crippen LogP contribution in [0.3, 0.4) is 0 Å². The van der Waals surface area contributed by atoms with E-state index in [4.69, 9.17) is 0 Å². The second-order valence-corrected chi connectivity index (χ2v) is 9.48. The molecule has 5 aliphatic carbocycles. The molecule has 3 heteroatoms. The molecule has 5 aliphatic rings. The number of amides is 2. The van der Waals surface area contributed by atoms with Gasteiger partial charge >= 0.3 is 6.03 Å². The highest BCUT2D eigenvalue weighted by molar-refractivity contribution is 5.74. The minimum absolute atomic E-state index is 0.114. The van der Waals surface area contributed by atoms with Gasteiger partial charge in [-0.25, -0.2) is 4.79 Å². The molecule has 0 aromatic rings. The first-order valence-electron chi connectivity index (χ1n) is 10.3. The number of hydrogen-bond acceptors (Lipinski definition) is 1. The summed E-state index contributed by atoms with van der Waals surface area (Å²) < 4.78 is 0. The van der Waals surface area contributed by atoms with Crippen LogP contribution < -0.4 is 10.6 Å². The highest BCUT2D eigenvalue weighted by Crippen LogP contribution is 2.55. The van der Waals surface area contributed by atoms with Crippen molar-refractivity contribution in [2.75, 3.05) is 6.54 Å². The number of carbonyl (C=O) groups is 1. The normalized spacial score (nSPS) is 49.6. The molecule has 0 aromatic carbocycles. The van der Waals surface area contributed by atoms with E-state index >= 15 is 0 Å². The molecule has 0 spiro atoms. The SMILES string of the molecule is O=C(NCCC1CCCC2CC12)NC1CC2CC3CC(C2)C1C3. The molecule has 8 atom stereocenters. The van der Waals surface area contributed by atoms with Crippen molar-refractivity contribution in [3.05, 3.63) is 0 Å². The van der Waals surface area contributed by atoms with Gasteiger partial charge in [0.25, 0.3) is 0 Å². The number of carbonyl (C=O) groups excluding carboxylic acids is 1. The number of hydrogen-bond donors (Lipinski definition) is 2. The molecule has 0 aromatic heterocycles. The van der Waals surface area contributed by atoms with E-state index in [-0.39, 0.29) is 6.03 Å². The molecule has 0 radical (unpaired) electrons. The van der Waals surface area contributed by atoms with E-state index in [2.05, 4.69) is 10.6 Å². The highest BCUT2D eigenvalue weighted by atomic mass is 16.2. The van der Waals surface area contributed by atoms with Gasteiger partial charge in [0.15, 0.2) is 0 Å². The Kier molecular flexibility index (Phi) is 3.60. The third-order valence-electron chi connectivity index (χ3n) is 8.10. The van der Waals surface area contributed by atoms with Crippen LogP contribution in [-0.4, -0.2) is 18.6 Å². The van der Waals surface area contributed by atoms with Crippen LogP contribution in [0.5, 0.6) is 0 Å². The van der Waals surface area contributed by atoms with Crippen molar-refractivity contribution in [3.8, 4) is 0 Å². The van der Waals surface area contributed by atoms with Crippen LogP contribution in [0.1, 0.15) is 64.2 Å². The minimum Gasteiger partial charge on any atom is -0.338 e. The molecule has 3 nitrogen and oxygen atoms in total. The van der Waals surface area contributed by atoms with Crippen molar-refractivity contribution < 1.29 is 4.79 Å². The van der Waals surface area contributed by atoms with Gasteiger partial charge in [0.1, 0.15) is 0 Å². The fourth-order valence-electron chi connectivity index (χ4n) is 7.11. The van der Waals surface area contributed by atoms with Crippen LogP contribution in [0.25, 0.3) is 0 Å². The fourth-order valence-corrected chi connectivity index (χ4v) is 7.11. The summed E-state index contributed by atoms with van der Waals surface area (Å²) in [6.07, 6.45) is 14.0. The van der Waals surface area contributed by atoms with E-state index in [1.165, 1.54) is 64.2 Å². The standard InChI is InChI=1S/C20H32N2O/c23-20(21-5-4-14-2-1-3-15-11-17(14)15)22-19-10-13-6-12-7-16(8-13)18(19)9-12/h12-19H,1-11H2,(H2,21,22,23). The van der Waals surface area contributed by atoms with Gasteiger partial charge in [-0.3, -0.25) is 0 Å². The molecule has 5 saturated carbocycles. The third kappa shape index (κ3) is 2.78. The summed E-state index contributed by atoms with van der Waals surface area (Å²) >= 11 is 0. The summed E-state index contributed by atoms with van der Waals surface area (Å²) in [6, 6.07) is 0.580. The maximum atomic E-state index is 12.3. The van der Waals surface area contributed by atoms with Crippen LogP contribution >= 0.6 is 0 Å². The maximum Gasteiger partial charge on any atom is 0.315 e. The first-order chi connectivity index (χ1) is 11.3. The van der Waals surface area contributed by atoms with E-state index in [1.54, 1.807) is 0 Å². The Bertz CT molecular complexity index is 476. The number of rotatable bonds is 4. The Hall–Kier alpha value is -0.730. The summed E-state index contributed by atoms with van der Waals surface area (Å²) in [5.74, 6) is 6.55. The van der Waals surface area contributed by atoms with Gasteiger partial charge in [0, 0.05) is 12.6 Å². The molecule has 0 saturated heterocycles. The molecule has 2 N–H and O–H groups in total. The Labute approximate surface area is 140 Å². The Morgan fingerprint density at radius 2 is 1.74 bits per heavy atom. The van der Waals surface area contributed by atoms with Crippen molar-refractivity contribution in [3.63, 3.8) is 0 Å². The van der Waals surface area contributed by atoms with Crippen LogP contribution in [0, 0.1) is 41.4 Å². The Balaban J connectivity index is 1.08. The average molecular weight is 316 g/mol. The van der Waals surface area contributed by atoms with Gasteiger partial charge in [-0.15, -0.1) is 0 Å². The summed E-state index contributed by atoms with van der Waals surface area (Å²) in [5.41, 5.74) is 0. The predicted molar refractivity (Wildman–Crippen MR) is 90.9 cm³/mol. The molecule has 8 unspecified atom stereocenters. The van der Waals surface area contributed by atoms with Crippen molar-refractivity contribution in [1.29, 1.82) is 0 Å². The predicted octanol–water partition coefficient (Wildman–Crippen LogP) is 3.94. The average Bonchev–Trinajstić information content (AvgIpc) is 3.27. The summed E-state index contributed by atoms with van der Waals surface area (Å²) in [7, 11) is 0. The van der Waals surface area contributed by atoms with E-state index < -0.39 is 0 Å². The minimum atomic E-state index is 0.114. The first kappa shape index (κ1) is 14.6. The fraction of sp³-hybridized carbons (Fsp3) is 0.950. The van der Waals surface area contributed by atoms with Crippen molar-refractivity contribution in [2.24, 2.45) is 41.4 Å². The maximum absolute atomic E-state index is 12.3. The zero-order chi connectivity index (χ0) is 15.4. The topological polar surface area (TPSA) is 41.1 Å². The smallest absolute Gasteiger partial charge is 0.315 e. The number of urea groups is 1. The van der Waals surface area contributed by atoms with E-state index in [1.807, 2.05) is 0 Å². The summed E-state index contributed by atoms with van der Waals surface area (Å²) in [6.45, 7) is 0.882. The molecule has 128 valence electrons. The lowest BCUT2D eigenvalue weighted by atomic mass is 9.70. The lowest BCUT2D eigenvalue weighted by molar-refractivity contribution is 0.139. The third-order valence-corrected chi connectivity index (χ3v) is 8.10. The number of nitrogens with one attached hydrogen (secondary N) is 2. The molecule has 3 bridgehead atoms. The summed E-state index contributed by atoms with van der Waals surface area (Å²) in [5, 5.41) is 6.53. The zero-order valence-electron chi connectivity index (χ0n) is 14.3. The van der Waals surface area contributed by atoms with Gasteiger partial charge < -0.3 is 10.6 Å². The lowest BCUT2D eigenvalue weighted by Gasteiger charge is -2.39. The highest BCUT2D eigenvalue weighted by Gasteiger charge is 2.49. The van der Waals surface area contributed by atoms with Crippen LogP contribution in [0.2, 0.25) is 0 Å². The van der Waals surface area contributed by atoms with Gasteiger partial charge in [-0.05, 0) is 86.4 Å². The lowest BCUT2D eigenvalue weighted by Crippen LogP contribution is -2.49. The molecule has 23 heavy (non-hydrogen) atoms. The molecular weight excluding hydrogens is 284 g/mol. The van der Waals surface area contributed by atoms with Gasteiger partial charge in [0.05, 0.1) is 0 Å². The Morgan fingerprint density at radius 1 is 0.870 bits per heavy atom. The van der Waals surface area contributed by atoms with Crippen molar-refractivity contribution in [2.45, 2.75) is 70.3 Å².